The molecule has 0 radical (unpaired) electrons. The van der Waals surface area contributed by atoms with E-state index in [4.69, 9.17) is 16.3 Å². The van der Waals surface area contributed by atoms with Crippen LogP contribution >= 0.6 is 11.6 Å². The Labute approximate surface area is 147 Å². The Kier molecular flexibility index (Phi) is 5.41. The second-order valence-corrected chi connectivity index (χ2v) is 7.28. The number of benzene rings is 1. The van der Waals surface area contributed by atoms with Gasteiger partial charge in [0.1, 0.15) is 18.4 Å². The van der Waals surface area contributed by atoms with Gasteiger partial charge in [-0.2, -0.15) is 5.10 Å². The number of hydrogen-bond acceptors (Lipinski definition) is 4. The van der Waals surface area contributed by atoms with Crippen LogP contribution in [0.1, 0.15) is 45.1 Å². The number of hydrogen-bond donors (Lipinski definition) is 1. The lowest BCUT2D eigenvalue weighted by Gasteiger charge is -2.27. The van der Waals surface area contributed by atoms with Gasteiger partial charge in [0, 0.05) is 5.02 Å². The van der Waals surface area contributed by atoms with Crippen molar-refractivity contribution in [1.29, 1.82) is 0 Å². The second kappa shape index (κ2) is 7.53. The summed E-state index contributed by atoms with van der Waals surface area (Å²) in [5, 5.41) is 15.6. The van der Waals surface area contributed by atoms with E-state index in [1.807, 2.05) is 24.3 Å². The zero-order valence-electron chi connectivity index (χ0n) is 13.9. The average molecular weight is 350 g/mol. The number of aliphatic hydroxyl groups excluding tert-OH is 1. The molecule has 0 aliphatic heterocycles. The van der Waals surface area contributed by atoms with E-state index in [-0.39, 0.29) is 17.6 Å². The number of aromatic nitrogens is 3. The summed E-state index contributed by atoms with van der Waals surface area (Å²) in [7, 11) is 0. The molecular weight excluding hydrogens is 326 g/mol. The van der Waals surface area contributed by atoms with Crippen LogP contribution < -0.4 is 4.74 Å². The molecule has 1 saturated carbocycles. The van der Waals surface area contributed by atoms with Gasteiger partial charge in [-0.25, -0.2) is 9.67 Å². The first kappa shape index (κ1) is 17.2. The highest BCUT2D eigenvalue weighted by Crippen LogP contribution is 2.51. The lowest BCUT2D eigenvalue weighted by molar-refractivity contribution is 0.0397. The Morgan fingerprint density at radius 3 is 2.88 bits per heavy atom. The van der Waals surface area contributed by atoms with E-state index < -0.39 is 0 Å². The molecule has 130 valence electrons. The average Bonchev–Trinajstić information content (AvgIpc) is 3.10. The van der Waals surface area contributed by atoms with E-state index in [1.54, 1.807) is 11.0 Å². The molecule has 1 aliphatic rings. The number of nitrogens with zero attached hydrogens (tertiary/aromatic N) is 3. The Balaban J connectivity index is 1.47. The first-order chi connectivity index (χ1) is 11.6. The summed E-state index contributed by atoms with van der Waals surface area (Å²) < 4.78 is 7.52. The summed E-state index contributed by atoms with van der Waals surface area (Å²) >= 11 is 5.94. The molecule has 0 spiro atoms. The van der Waals surface area contributed by atoms with Crippen LogP contribution in [0.15, 0.2) is 36.9 Å². The predicted molar refractivity (Wildman–Crippen MR) is 93.2 cm³/mol. The molecule has 0 amide bonds. The van der Waals surface area contributed by atoms with Crippen LogP contribution in [-0.2, 0) is 0 Å². The first-order valence-corrected chi connectivity index (χ1v) is 8.87. The minimum atomic E-state index is -0.381. The van der Waals surface area contributed by atoms with Crippen molar-refractivity contribution in [2.75, 3.05) is 6.61 Å². The summed E-state index contributed by atoms with van der Waals surface area (Å²) in [6.45, 7) is 2.78. The smallest absolute Gasteiger partial charge is 0.137 e. The lowest BCUT2D eigenvalue weighted by Crippen LogP contribution is -2.31. The van der Waals surface area contributed by atoms with E-state index in [0.29, 0.717) is 11.6 Å². The molecule has 1 aliphatic carbocycles. The molecule has 2 unspecified atom stereocenters. The number of halogens is 1. The first-order valence-electron chi connectivity index (χ1n) is 8.49. The molecule has 2 atom stereocenters. The normalized spacial score (nSPS) is 18.1. The monoisotopic (exact) mass is 349 g/mol. The highest BCUT2D eigenvalue weighted by atomic mass is 35.5. The fourth-order valence-corrected chi connectivity index (χ4v) is 3.16. The van der Waals surface area contributed by atoms with Gasteiger partial charge in [-0.3, -0.25) is 0 Å². The molecular formula is C18H24ClN3O2. The highest BCUT2D eigenvalue weighted by Gasteiger charge is 2.47. The maximum absolute atomic E-state index is 10.7. The van der Waals surface area contributed by atoms with Gasteiger partial charge in [-0.15, -0.1) is 0 Å². The molecule has 1 aromatic carbocycles. The number of aliphatic hydroxyl groups is 1. The zero-order valence-corrected chi connectivity index (χ0v) is 14.7. The molecule has 3 rings (SSSR count). The molecule has 5 nitrogen and oxygen atoms in total. The van der Waals surface area contributed by atoms with Gasteiger partial charge in [-0.1, -0.05) is 24.6 Å². The van der Waals surface area contributed by atoms with Crippen molar-refractivity contribution in [2.45, 2.75) is 51.2 Å². The topological polar surface area (TPSA) is 60.2 Å². The van der Waals surface area contributed by atoms with Crippen LogP contribution in [0.2, 0.25) is 5.02 Å². The van der Waals surface area contributed by atoms with Crippen LogP contribution in [0.25, 0.3) is 0 Å². The molecule has 1 aromatic heterocycles. The molecule has 1 fully saturated rings. The zero-order chi connectivity index (χ0) is 17.0. The SMILES string of the molecule is CC1(C(O)C(CCCCOc2cccc(Cl)c2)n2cncn2)CC1. The third-order valence-corrected chi connectivity index (χ3v) is 5.09. The Bertz CT molecular complexity index is 643. The van der Waals surface area contributed by atoms with E-state index in [1.165, 1.54) is 6.33 Å². The van der Waals surface area contributed by atoms with Crippen molar-refractivity contribution in [2.24, 2.45) is 5.41 Å². The van der Waals surface area contributed by atoms with Crippen molar-refractivity contribution >= 4 is 11.6 Å². The predicted octanol–water partition coefficient (Wildman–Crippen LogP) is 3.88. The van der Waals surface area contributed by atoms with Crippen LogP contribution in [0.4, 0.5) is 0 Å². The number of ether oxygens (including phenoxy) is 1. The van der Waals surface area contributed by atoms with E-state index in [9.17, 15) is 5.11 Å². The molecule has 0 saturated heterocycles. The third-order valence-electron chi connectivity index (χ3n) is 4.85. The molecule has 1 N–H and O–H groups in total. The largest absolute Gasteiger partial charge is 0.494 e. The third kappa shape index (κ3) is 4.28. The fraction of sp³-hybridized carbons (Fsp3) is 0.556. The van der Waals surface area contributed by atoms with Crippen molar-refractivity contribution in [1.82, 2.24) is 14.8 Å². The molecule has 6 heteroatoms. The van der Waals surface area contributed by atoms with Gasteiger partial charge in [0.2, 0.25) is 0 Å². The molecule has 0 bridgehead atoms. The number of rotatable bonds is 9. The van der Waals surface area contributed by atoms with Crippen molar-refractivity contribution in [3.63, 3.8) is 0 Å². The quantitative estimate of drug-likeness (QED) is 0.698. The maximum atomic E-state index is 10.7. The second-order valence-electron chi connectivity index (χ2n) is 6.84. The van der Waals surface area contributed by atoms with Crippen molar-refractivity contribution in [3.05, 3.63) is 41.9 Å². The van der Waals surface area contributed by atoms with Gasteiger partial charge in [0.25, 0.3) is 0 Å². The van der Waals surface area contributed by atoms with Gasteiger partial charge in [0.15, 0.2) is 0 Å². The summed E-state index contributed by atoms with van der Waals surface area (Å²) in [6, 6.07) is 7.41. The minimum absolute atomic E-state index is 0.0221. The molecule has 24 heavy (non-hydrogen) atoms. The minimum Gasteiger partial charge on any atom is -0.494 e. The van der Waals surface area contributed by atoms with Crippen LogP contribution in [0.5, 0.6) is 5.75 Å². The van der Waals surface area contributed by atoms with E-state index >= 15 is 0 Å². The molecule has 2 aromatic rings. The summed E-state index contributed by atoms with van der Waals surface area (Å²) in [5.74, 6) is 0.792. The van der Waals surface area contributed by atoms with Gasteiger partial charge >= 0.3 is 0 Å². The summed E-state index contributed by atoms with van der Waals surface area (Å²) in [6.07, 6.45) is 7.74. The van der Waals surface area contributed by atoms with Gasteiger partial charge in [0.05, 0.1) is 18.8 Å². The summed E-state index contributed by atoms with van der Waals surface area (Å²) in [5.41, 5.74) is 0.0356. The summed E-state index contributed by atoms with van der Waals surface area (Å²) in [4.78, 5) is 4.02. The van der Waals surface area contributed by atoms with Crippen LogP contribution in [-0.4, -0.2) is 32.6 Å². The Morgan fingerprint density at radius 1 is 1.38 bits per heavy atom. The van der Waals surface area contributed by atoms with Crippen molar-refractivity contribution < 1.29 is 9.84 Å². The van der Waals surface area contributed by atoms with E-state index in [0.717, 1.165) is 37.9 Å². The standard InChI is InChI=1S/C18H24ClN3O2/c1-18(8-9-18)17(23)16(22-13-20-12-21-22)7-2-3-10-24-15-6-4-5-14(19)11-15/h4-6,11-13,16-17,23H,2-3,7-10H2,1H3. The maximum Gasteiger partial charge on any atom is 0.137 e. The molecule has 1 heterocycles. The fourth-order valence-electron chi connectivity index (χ4n) is 2.98. The van der Waals surface area contributed by atoms with Gasteiger partial charge in [-0.05, 0) is 55.7 Å². The van der Waals surface area contributed by atoms with Crippen LogP contribution in [0, 0.1) is 5.41 Å². The van der Waals surface area contributed by atoms with Crippen molar-refractivity contribution in [3.8, 4) is 5.75 Å². The number of unbranched alkanes of at least 4 members (excludes halogenated alkanes) is 1. The van der Waals surface area contributed by atoms with Gasteiger partial charge < -0.3 is 9.84 Å². The lowest BCUT2D eigenvalue weighted by atomic mass is 9.92. The Morgan fingerprint density at radius 2 is 2.21 bits per heavy atom. The van der Waals surface area contributed by atoms with E-state index in [2.05, 4.69) is 17.0 Å². The Hall–Kier alpha value is -1.59. The van der Waals surface area contributed by atoms with Crippen LogP contribution in [0.3, 0.4) is 0 Å². The highest BCUT2D eigenvalue weighted by molar-refractivity contribution is 6.30.